The molecule has 1 aromatic carbocycles. The number of nitrogens with two attached hydrogens (primary N) is 1. The fourth-order valence-corrected chi connectivity index (χ4v) is 2.97. The number of amides is 1. The summed E-state index contributed by atoms with van der Waals surface area (Å²) in [5, 5.41) is 7.19. The van der Waals surface area contributed by atoms with Crippen LogP contribution in [-0.4, -0.2) is 25.7 Å². The van der Waals surface area contributed by atoms with Crippen LogP contribution in [0.2, 0.25) is 0 Å². The second-order valence-electron chi connectivity index (χ2n) is 6.92. The first-order valence-corrected chi connectivity index (χ1v) is 8.91. The number of pyridine rings is 1. The molecule has 0 radical (unpaired) electrons. The predicted octanol–water partition coefficient (Wildman–Crippen LogP) is 2.98. The first kappa shape index (κ1) is 18.6. The SMILES string of the molecule is CC(C)C[C@H](NC(=O)c1ccc(-c2cccc(N)n2)cc1)c1ncnn1C. The molecule has 0 unspecified atom stereocenters. The van der Waals surface area contributed by atoms with Gasteiger partial charge in [0.15, 0.2) is 0 Å². The maximum absolute atomic E-state index is 12.7. The summed E-state index contributed by atoms with van der Waals surface area (Å²) in [6, 6.07) is 12.6. The fourth-order valence-electron chi connectivity index (χ4n) is 2.97. The Kier molecular flexibility index (Phi) is 5.49. The summed E-state index contributed by atoms with van der Waals surface area (Å²) in [6.07, 6.45) is 2.28. The lowest BCUT2D eigenvalue weighted by atomic mass is 10.0. The zero-order valence-corrected chi connectivity index (χ0v) is 15.8. The van der Waals surface area contributed by atoms with Crippen LogP contribution in [-0.2, 0) is 7.05 Å². The number of aromatic nitrogens is 4. The number of nitrogen functional groups attached to an aromatic ring is 1. The molecule has 2 heterocycles. The molecule has 2 aromatic heterocycles. The Hall–Kier alpha value is -3.22. The van der Waals surface area contributed by atoms with Gasteiger partial charge in [0.1, 0.15) is 18.0 Å². The van der Waals surface area contributed by atoms with E-state index in [-0.39, 0.29) is 11.9 Å². The topological polar surface area (TPSA) is 98.7 Å². The summed E-state index contributed by atoms with van der Waals surface area (Å²) in [7, 11) is 1.83. The minimum atomic E-state index is -0.194. The van der Waals surface area contributed by atoms with Crippen LogP contribution in [0.1, 0.15) is 42.5 Å². The normalized spacial score (nSPS) is 12.1. The summed E-state index contributed by atoms with van der Waals surface area (Å²) in [5.41, 5.74) is 8.01. The summed E-state index contributed by atoms with van der Waals surface area (Å²) in [5.74, 6) is 1.48. The van der Waals surface area contributed by atoms with E-state index in [1.54, 1.807) is 22.9 Å². The van der Waals surface area contributed by atoms with E-state index >= 15 is 0 Å². The van der Waals surface area contributed by atoms with Crippen LogP contribution in [0.5, 0.6) is 0 Å². The smallest absolute Gasteiger partial charge is 0.251 e. The average molecular weight is 364 g/mol. The summed E-state index contributed by atoms with van der Waals surface area (Å²) >= 11 is 0. The van der Waals surface area contributed by atoms with Gasteiger partial charge in [-0.3, -0.25) is 9.48 Å². The molecule has 3 rings (SSSR count). The Bertz CT molecular complexity index is 916. The molecule has 1 amide bonds. The molecular formula is C20H24N6O. The highest BCUT2D eigenvalue weighted by Gasteiger charge is 2.21. The van der Waals surface area contributed by atoms with Crippen molar-refractivity contribution in [3.05, 3.63) is 60.2 Å². The second kappa shape index (κ2) is 7.99. The Morgan fingerprint density at radius 1 is 1.19 bits per heavy atom. The van der Waals surface area contributed by atoms with E-state index in [1.165, 1.54) is 6.33 Å². The zero-order chi connectivity index (χ0) is 19.4. The maximum Gasteiger partial charge on any atom is 0.251 e. The van der Waals surface area contributed by atoms with Gasteiger partial charge in [-0.25, -0.2) is 9.97 Å². The van der Waals surface area contributed by atoms with Crippen LogP contribution >= 0.6 is 0 Å². The van der Waals surface area contributed by atoms with E-state index in [0.717, 1.165) is 23.5 Å². The van der Waals surface area contributed by atoms with E-state index < -0.39 is 0 Å². The fraction of sp³-hybridized carbons (Fsp3) is 0.300. The molecule has 140 valence electrons. The molecule has 0 aliphatic heterocycles. The lowest BCUT2D eigenvalue weighted by Gasteiger charge is -2.20. The van der Waals surface area contributed by atoms with E-state index in [4.69, 9.17) is 5.73 Å². The van der Waals surface area contributed by atoms with Crippen molar-refractivity contribution >= 4 is 11.7 Å². The Morgan fingerprint density at radius 3 is 2.52 bits per heavy atom. The highest BCUT2D eigenvalue weighted by molar-refractivity contribution is 5.94. The van der Waals surface area contributed by atoms with Crippen molar-refractivity contribution in [1.82, 2.24) is 25.1 Å². The van der Waals surface area contributed by atoms with Crippen LogP contribution in [0.25, 0.3) is 11.3 Å². The highest BCUT2D eigenvalue weighted by Crippen LogP contribution is 2.21. The van der Waals surface area contributed by atoms with Gasteiger partial charge >= 0.3 is 0 Å². The van der Waals surface area contributed by atoms with Gasteiger partial charge in [0.05, 0.1) is 11.7 Å². The maximum atomic E-state index is 12.7. The number of anilines is 1. The van der Waals surface area contributed by atoms with Crippen molar-refractivity contribution < 1.29 is 4.79 Å². The van der Waals surface area contributed by atoms with Gasteiger partial charge in [-0.15, -0.1) is 0 Å². The molecule has 7 heteroatoms. The predicted molar refractivity (Wildman–Crippen MR) is 105 cm³/mol. The molecule has 1 atom stereocenters. The molecule has 0 bridgehead atoms. The molecule has 0 saturated heterocycles. The first-order valence-electron chi connectivity index (χ1n) is 8.91. The average Bonchev–Trinajstić information content (AvgIpc) is 3.07. The number of benzene rings is 1. The van der Waals surface area contributed by atoms with Crippen LogP contribution in [0, 0.1) is 5.92 Å². The molecule has 7 nitrogen and oxygen atoms in total. The third kappa shape index (κ3) is 4.49. The van der Waals surface area contributed by atoms with Gasteiger partial charge in [0.25, 0.3) is 5.91 Å². The van der Waals surface area contributed by atoms with Crippen molar-refractivity contribution in [2.75, 3.05) is 5.73 Å². The van der Waals surface area contributed by atoms with Crippen molar-refractivity contribution in [2.24, 2.45) is 13.0 Å². The van der Waals surface area contributed by atoms with Crippen molar-refractivity contribution in [3.8, 4) is 11.3 Å². The number of nitrogens with one attached hydrogen (secondary N) is 1. The minimum Gasteiger partial charge on any atom is -0.384 e. The van der Waals surface area contributed by atoms with E-state index in [2.05, 4.69) is 34.2 Å². The van der Waals surface area contributed by atoms with Gasteiger partial charge in [-0.1, -0.05) is 32.0 Å². The molecule has 3 N–H and O–H groups in total. The number of hydrogen-bond donors (Lipinski definition) is 2. The molecular weight excluding hydrogens is 340 g/mol. The van der Waals surface area contributed by atoms with Crippen LogP contribution in [0.15, 0.2) is 48.8 Å². The van der Waals surface area contributed by atoms with Crippen LogP contribution in [0.4, 0.5) is 5.82 Å². The third-order valence-electron chi connectivity index (χ3n) is 4.28. The highest BCUT2D eigenvalue weighted by atomic mass is 16.1. The van der Waals surface area contributed by atoms with E-state index in [9.17, 15) is 4.79 Å². The zero-order valence-electron chi connectivity index (χ0n) is 15.8. The Labute approximate surface area is 158 Å². The molecule has 0 aliphatic carbocycles. The summed E-state index contributed by atoms with van der Waals surface area (Å²) in [6.45, 7) is 4.23. The number of nitrogens with zero attached hydrogens (tertiary/aromatic N) is 4. The number of hydrogen-bond acceptors (Lipinski definition) is 5. The quantitative estimate of drug-likeness (QED) is 0.700. The largest absolute Gasteiger partial charge is 0.384 e. The lowest BCUT2D eigenvalue weighted by molar-refractivity contribution is 0.0929. The lowest BCUT2D eigenvalue weighted by Crippen LogP contribution is -2.31. The summed E-state index contributed by atoms with van der Waals surface area (Å²) < 4.78 is 1.70. The number of carbonyl (C=O) groups is 1. The minimum absolute atomic E-state index is 0.143. The van der Waals surface area contributed by atoms with Crippen molar-refractivity contribution in [3.63, 3.8) is 0 Å². The van der Waals surface area contributed by atoms with Gasteiger partial charge in [0, 0.05) is 18.2 Å². The van der Waals surface area contributed by atoms with Gasteiger partial charge < -0.3 is 11.1 Å². The Morgan fingerprint density at radius 2 is 1.93 bits per heavy atom. The Balaban J connectivity index is 1.77. The third-order valence-corrected chi connectivity index (χ3v) is 4.28. The van der Waals surface area contributed by atoms with Gasteiger partial charge in [0.2, 0.25) is 0 Å². The number of rotatable bonds is 6. The molecule has 0 fully saturated rings. The van der Waals surface area contributed by atoms with E-state index in [0.29, 0.717) is 17.3 Å². The first-order chi connectivity index (χ1) is 12.9. The second-order valence-corrected chi connectivity index (χ2v) is 6.92. The van der Waals surface area contributed by atoms with Gasteiger partial charge in [-0.2, -0.15) is 5.10 Å². The van der Waals surface area contributed by atoms with Crippen LogP contribution in [0.3, 0.4) is 0 Å². The van der Waals surface area contributed by atoms with Crippen LogP contribution < -0.4 is 11.1 Å². The molecule has 0 spiro atoms. The number of aryl methyl sites for hydroxylation is 1. The monoisotopic (exact) mass is 364 g/mol. The molecule has 0 saturated carbocycles. The molecule has 27 heavy (non-hydrogen) atoms. The van der Waals surface area contributed by atoms with Crippen molar-refractivity contribution in [1.29, 1.82) is 0 Å². The van der Waals surface area contributed by atoms with E-state index in [1.807, 2.05) is 31.3 Å². The number of carbonyl (C=O) groups excluding carboxylic acids is 1. The standard InChI is InChI=1S/C20H24N6O/c1-13(2)11-17(19-22-12-23-26(19)3)25-20(27)15-9-7-14(8-10-15)16-5-4-6-18(21)24-16/h4-10,12-13,17H,11H2,1-3H3,(H2,21,24)(H,25,27)/t17-/m0/s1. The molecule has 3 aromatic rings. The molecule has 0 aliphatic rings. The van der Waals surface area contributed by atoms with Gasteiger partial charge in [-0.05, 0) is 36.6 Å². The van der Waals surface area contributed by atoms with Crippen molar-refractivity contribution in [2.45, 2.75) is 26.3 Å². The summed E-state index contributed by atoms with van der Waals surface area (Å²) in [4.78, 5) is 21.3.